The molecule has 1 aromatic heterocycles. The van der Waals surface area contributed by atoms with Crippen molar-refractivity contribution in [3.8, 4) is 0 Å². The Bertz CT molecular complexity index is 809. The van der Waals surface area contributed by atoms with Gasteiger partial charge in [0, 0.05) is 25.2 Å². The van der Waals surface area contributed by atoms with Crippen LogP contribution in [-0.2, 0) is 17.8 Å². The number of amides is 1. The Balaban J connectivity index is 1.70. The Hall–Kier alpha value is -2.11. The lowest BCUT2D eigenvalue weighted by atomic mass is 10.0. The lowest BCUT2D eigenvalue weighted by Gasteiger charge is -2.35. The molecule has 0 radical (unpaired) electrons. The molecule has 0 bridgehead atoms. The number of hydrogen-bond donors (Lipinski definition) is 0. The summed E-state index contributed by atoms with van der Waals surface area (Å²) in [6.07, 6.45) is 0.0889. The molecular formula is C24H34N2O3. The van der Waals surface area contributed by atoms with Crippen LogP contribution in [-0.4, -0.2) is 46.5 Å². The summed E-state index contributed by atoms with van der Waals surface area (Å²) in [5.41, 5.74) is 2.50. The third kappa shape index (κ3) is 5.71. The summed E-state index contributed by atoms with van der Waals surface area (Å²) in [5.74, 6) is 1.16. The van der Waals surface area contributed by atoms with Gasteiger partial charge in [0.25, 0.3) is 5.91 Å². The molecule has 0 saturated carbocycles. The molecule has 1 saturated heterocycles. The van der Waals surface area contributed by atoms with E-state index in [-0.39, 0.29) is 23.7 Å². The van der Waals surface area contributed by atoms with Crippen molar-refractivity contribution >= 4 is 5.91 Å². The molecule has 5 nitrogen and oxygen atoms in total. The van der Waals surface area contributed by atoms with Crippen LogP contribution in [0.3, 0.4) is 0 Å². The summed E-state index contributed by atoms with van der Waals surface area (Å²) in [5, 5.41) is 0. The van der Waals surface area contributed by atoms with Crippen LogP contribution >= 0.6 is 0 Å². The standard InChI is InChI=1S/C24H34N2O3/c1-17-7-9-20(10-8-17)15-26(24(4,5)6)16-21-11-12-22(29-21)23(27)25-13-18(2)28-19(3)14-25/h7-12,18-19H,13-16H2,1-6H3/t18-,19-/m1/s1. The van der Waals surface area contributed by atoms with E-state index in [9.17, 15) is 4.79 Å². The number of ether oxygens (including phenoxy) is 1. The number of furan rings is 1. The lowest BCUT2D eigenvalue weighted by molar-refractivity contribution is -0.0592. The summed E-state index contributed by atoms with van der Waals surface area (Å²) in [6.45, 7) is 15.4. The highest BCUT2D eigenvalue weighted by atomic mass is 16.5. The van der Waals surface area contributed by atoms with E-state index < -0.39 is 0 Å². The van der Waals surface area contributed by atoms with E-state index in [0.717, 1.165) is 12.3 Å². The topological polar surface area (TPSA) is 45.9 Å². The van der Waals surface area contributed by atoms with Crippen molar-refractivity contribution in [3.05, 3.63) is 59.0 Å². The number of aryl methyl sites for hydroxylation is 1. The number of hydrogen-bond acceptors (Lipinski definition) is 4. The Morgan fingerprint density at radius 2 is 1.66 bits per heavy atom. The maximum absolute atomic E-state index is 12.9. The van der Waals surface area contributed by atoms with Crippen molar-refractivity contribution in [1.82, 2.24) is 9.80 Å². The highest BCUT2D eigenvalue weighted by Crippen LogP contribution is 2.23. The van der Waals surface area contributed by atoms with Crippen molar-refractivity contribution in [3.63, 3.8) is 0 Å². The average Bonchev–Trinajstić information content (AvgIpc) is 3.09. The zero-order chi connectivity index (χ0) is 21.2. The van der Waals surface area contributed by atoms with Gasteiger partial charge < -0.3 is 14.1 Å². The van der Waals surface area contributed by atoms with Crippen molar-refractivity contribution < 1.29 is 13.9 Å². The summed E-state index contributed by atoms with van der Waals surface area (Å²) < 4.78 is 11.7. The highest BCUT2D eigenvalue weighted by molar-refractivity contribution is 5.91. The van der Waals surface area contributed by atoms with Gasteiger partial charge in [-0.1, -0.05) is 29.8 Å². The van der Waals surface area contributed by atoms with Crippen molar-refractivity contribution in [2.45, 2.75) is 72.4 Å². The van der Waals surface area contributed by atoms with Gasteiger partial charge in [0.15, 0.2) is 5.76 Å². The van der Waals surface area contributed by atoms with Crippen LogP contribution in [0, 0.1) is 6.92 Å². The molecule has 5 heteroatoms. The van der Waals surface area contributed by atoms with Gasteiger partial charge in [-0.05, 0) is 59.2 Å². The van der Waals surface area contributed by atoms with E-state index >= 15 is 0 Å². The lowest BCUT2D eigenvalue weighted by Crippen LogP contribution is -2.48. The molecule has 1 aliphatic rings. The minimum atomic E-state index is -0.0564. The van der Waals surface area contributed by atoms with Gasteiger partial charge in [0.1, 0.15) is 5.76 Å². The number of carbonyl (C=O) groups excluding carboxylic acids is 1. The maximum Gasteiger partial charge on any atom is 0.289 e. The van der Waals surface area contributed by atoms with Crippen LogP contribution in [0.4, 0.5) is 0 Å². The van der Waals surface area contributed by atoms with Gasteiger partial charge in [0.2, 0.25) is 0 Å². The molecule has 1 aliphatic heterocycles. The average molecular weight is 399 g/mol. The van der Waals surface area contributed by atoms with Crippen molar-refractivity contribution in [2.24, 2.45) is 0 Å². The predicted molar refractivity (Wildman–Crippen MR) is 115 cm³/mol. The molecule has 2 atom stereocenters. The van der Waals surface area contributed by atoms with E-state index in [4.69, 9.17) is 9.15 Å². The molecule has 29 heavy (non-hydrogen) atoms. The predicted octanol–water partition coefficient (Wildman–Crippen LogP) is 4.64. The highest BCUT2D eigenvalue weighted by Gasteiger charge is 2.29. The summed E-state index contributed by atoms with van der Waals surface area (Å²) in [7, 11) is 0. The third-order valence-corrected chi connectivity index (χ3v) is 5.37. The second kappa shape index (κ2) is 8.72. The second-order valence-electron chi connectivity index (χ2n) is 9.25. The largest absolute Gasteiger partial charge is 0.455 e. The fourth-order valence-corrected chi connectivity index (χ4v) is 3.71. The molecule has 1 aromatic carbocycles. The van der Waals surface area contributed by atoms with E-state index in [1.807, 2.05) is 24.8 Å². The smallest absolute Gasteiger partial charge is 0.289 e. The molecule has 1 amide bonds. The van der Waals surface area contributed by atoms with E-state index in [1.54, 1.807) is 6.07 Å². The first-order valence-corrected chi connectivity index (χ1v) is 10.5. The minimum absolute atomic E-state index is 0.0308. The molecule has 3 rings (SSSR count). The Kier molecular flexibility index (Phi) is 6.49. The molecule has 0 unspecified atom stereocenters. The number of carbonyl (C=O) groups is 1. The van der Waals surface area contributed by atoms with Gasteiger partial charge >= 0.3 is 0 Å². The van der Waals surface area contributed by atoms with Gasteiger partial charge in [-0.25, -0.2) is 0 Å². The van der Waals surface area contributed by atoms with Crippen LogP contribution in [0.5, 0.6) is 0 Å². The molecule has 2 aromatic rings. The Morgan fingerprint density at radius 3 is 2.24 bits per heavy atom. The quantitative estimate of drug-likeness (QED) is 0.736. The molecule has 0 N–H and O–H groups in total. The third-order valence-electron chi connectivity index (χ3n) is 5.37. The maximum atomic E-state index is 12.9. The van der Waals surface area contributed by atoms with Gasteiger partial charge in [-0.3, -0.25) is 9.69 Å². The number of benzene rings is 1. The summed E-state index contributed by atoms with van der Waals surface area (Å²) in [4.78, 5) is 17.1. The molecule has 2 heterocycles. The van der Waals surface area contributed by atoms with Crippen molar-refractivity contribution in [2.75, 3.05) is 13.1 Å². The van der Waals surface area contributed by atoms with Crippen molar-refractivity contribution in [1.29, 1.82) is 0 Å². The van der Waals surface area contributed by atoms with Crippen LogP contribution in [0.2, 0.25) is 0 Å². The van der Waals surface area contributed by atoms with E-state index in [2.05, 4.69) is 56.9 Å². The number of morpholine rings is 1. The fourth-order valence-electron chi connectivity index (χ4n) is 3.71. The fraction of sp³-hybridized carbons (Fsp3) is 0.542. The monoisotopic (exact) mass is 398 g/mol. The molecule has 1 fully saturated rings. The van der Waals surface area contributed by atoms with E-state index in [0.29, 0.717) is 25.4 Å². The first-order chi connectivity index (χ1) is 13.6. The van der Waals surface area contributed by atoms with Crippen LogP contribution in [0.25, 0.3) is 0 Å². The number of nitrogens with zero attached hydrogens (tertiary/aromatic N) is 2. The van der Waals surface area contributed by atoms with Crippen LogP contribution < -0.4 is 0 Å². The molecule has 0 spiro atoms. The zero-order valence-electron chi connectivity index (χ0n) is 18.6. The summed E-state index contributed by atoms with van der Waals surface area (Å²) in [6, 6.07) is 12.4. The van der Waals surface area contributed by atoms with Gasteiger partial charge in [-0.15, -0.1) is 0 Å². The molecule has 0 aliphatic carbocycles. The second-order valence-corrected chi connectivity index (χ2v) is 9.25. The summed E-state index contributed by atoms with van der Waals surface area (Å²) >= 11 is 0. The molecular weight excluding hydrogens is 364 g/mol. The Morgan fingerprint density at radius 1 is 1.03 bits per heavy atom. The SMILES string of the molecule is Cc1ccc(CN(Cc2ccc(C(=O)N3C[C@@H](C)O[C@H](C)C3)o2)C(C)(C)C)cc1. The van der Waals surface area contributed by atoms with Gasteiger partial charge in [-0.2, -0.15) is 0 Å². The molecule has 158 valence electrons. The first kappa shape index (κ1) is 21.6. The van der Waals surface area contributed by atoms with Crippen LogP contribution in [0.1, 0.15) is 62.1 Å². The van der Waals surface area contributed by atoms with Crippen LogP contribution in [0.15, 0.2) is 40.8 Å². The normalized spacial score (nSPS) is 20.3. The first-order valence-electron chi connectivity index (χ1n) is 10.5. The Labute approximate surface area is 174 Å². The van der Waals surface area contributed by atoms with E-state index in [1.165, 1.54) is 11.1 Å². The zero-order valence-corrected chi connectivity index (χ0v) is 18.6. The number of rotatable bonds is 5. The van der Waals surface area contributed by atoms with Gasteiger partial charge in [0.05, 0.1) is 18.8 Å². The minimum Gasteiger partial charge on any atom is -0.455 e.